The predicted molar refractivity (Wildman–Crippen MR) is 229 cm³/mol. The molecular weight excluding hydrogens is 667 g/mol. The molecule has 0 aliphatic heterocycles. The van der Waals surface area contributed by atoms with Gasteiger partial charge in [0.1, 0.15) is 11.2 Å². The SMILES string of the molecule is CC1(C)c2ccccc2-c2ccc(N(c3ccccc3)c3ccc(-c4ccc5c(c4)oc4ccc(C6(C)c7ccccc7-c7ccccc76)cc45)cc3)cc21. The summed E-state index contributed by atoms with van der Waals surface area (Å²) in [5, 5.41) is 2.29. The van der Waals surface area contributed by atoms with E-state index in [0.717, 1.165) is 50.1 Å². The number of anilines is 3. The van der Waals surface area contributed by atoms with Gasteiger partial charge in [-0.15, -0.1) is 0 Å². The lowest BCUT2D eigenvalue weighted by atomic mass is 9.74. The van der Waals surface area contributed by atoms with E-state index in [0.29, 0.717) is 0 Å². The number of nitrogens with zero attached hydrogens (tertiary/aromatic N) is 1. The Balaban J connectivity index is 0.955. The fourth-order valence-electron chi connectivity index (χ4n) is 9.69. The van der Waals surface area contributed by atoms with Crippen molar-refractivity contribution in [1.29, 1.82) is 0 Å². The molecule has 2 aliphatic rings. The van der Waals surface area contributed by atoms with Crippen molar-refractivity contribution < 1.29 is 4.42 Å². The zero-order valence-electron chi connectivity index (χ0n) is 31.2. The Morgan fingerprint density at radius 1 is 0.382 bits per heavy atom. The highest BCUT2D eigenvalue weighted by atomic mass is 16.3. The molecule has 0 saturated carbocycles. The first kappa shape index (κ1) is 31.8. The van der Waals surface area contributed by atoms with E-state index in [1.807, 2.05) is 0 Å². The maximum Gasteiger partial charge on any atom is 0.136 e. The van der Waals surface area contributed by atoms with Crippen LogP contribution < -0.4 is 4.90 Å². The van der Waals surface area contributed by atoms with Gasteiger partial charge >= 0.3 is 0 Å². The first-order valence-electron chi connectivity index (χ1n) is 19.3. The first-order valence-corrected chi connectivity index (χ1v) is 19.3. The lowest BCUT2D eigenvalue weighted by Crippen LogP contribution is -2.22. The zero-order valence-corrected chi connectivity index (χ0v) is 31.2. The number of hydrogen-bond acceptors (Lipinski definition) is 2. The first-order chi connectivity index (χ1) is 26.9. The second-order valence-corrected chi connectivity index (χ2v) is 15.9. The van der Waals surface area contributed by atoms with E-state index in [4.69, 9.17) is 4.42 Å². The van der Waals surface area contributed by atoms with Gasteiger partial charge < -0.3 is 9.32 Å². The molecule has 0 amide bonds. The summed E-state index contributed by atoms with van der Waals surface area (Å²) in [5.74, 6) is 0. The molecule has 1 aromatic heterocycles. The van der Waals surface area contributed by atoms with Crippen LogP contribution >= 0.6 is 0 Å². The van der Waals surface area contributed by atoms with Crippen molar-refractivity contribution >= 4 is 39.0 Å². The Bertz CT molecular complexity index is 2920. The van der Waals surface area contributed by atoms with Crippen LogP contribution in [0.2, 0.25) is 0 Å². The summed E-state index contributed by atoms with van der Waals surface area (Å²) in [6.07, 6.45) is 0. The molecule has 0 spiro atoms. The molecule has 262 valence electrons. The maximum atomic E-state index is 6.55. The molecule has 2 nitrogen and oxygen atoms in total. The van der Waals surface area contributed by atoms with Gasteiger partial charge in [-0.25, -0.2) is 0 Å². The molecule has 9 aromatic rings. The van der Waals surface area contributed by atoms with Crippen LogP contribution in [0, 0.1) is 0 Å². The van der Waals surface area contributed by atoms with Crippen LogP contribution in [0.1, 0.15) is 48.6 Å². The molecule has 0 saturated heterocycles. The summed E-state index contributed by atoms with van der Waals surface area (Å²) < 4.78 is 6.55. The van der Waals surface area contributed by atoms with Crippen LogP contribution in [0.25, 0.3) is 55.3 Å². The molecule has 0 bridgehead atoms. The summed E-state index contributed by atoms with van der Waals surface area (Å²) in [7, 11) is 0. The Kier molecular flexibility index (Phi) is 6.76. The fraction of sp³-hybridized carbons (Fsp3) is 0.0943. The highest BCUT2D eigenvalue weighted by Gasteiger charge is 2.41. The highest BCUT2D eigenvalue weighted by molar-refractivity contribution is 6.06. The lowest BCUT2D eigenvalue weighted by Gasteiger charge is -2.28. The van der Waals surface area contributed by atoms with Gasteiger partial charge in [0.2, 0.25) is 0 Å². The largest absolute Gasteiger partial charge is 0.456 e. The Hall–Kier alpha value is -6.64. The fourth-order valence-corrected chi connectivity index (χ4v) is 9.69. The summed E-state index contributed by atoms with van der Waals surface area (Å²) in [5.41, 5.74) is 19.2. The Morgan fingerprint density at radius 3 is 1.65 bits per heavy atom. The van der Waals surface area contributed by atoms with Gasteiger partial charge in [0.15, 0.2) is 0 Å². The van der Waals surface area contributed by atoms with Crippen LogP contribution in [0.3, 0.4) is 0 Å². The molecule has 0 fully saturated rings. The normalized spacial score (nSPS) is 14.4. The van der Waals surface area contributed by atoms with Crippen molar-refractivity contribution in [3.63, 3.8) is 0 Å². The Labute approximate surface area is 322 Å². The molecule has 55 heavy (non-hydrogen) atoms. The second kappa shape index (κ2) is 11.7. The van der Waals surface area contributed by atoms with E-state index >= 15 is 0 Å². The smallest absolute Gasteiger partial charge is 0.136 e. The second-order valence-electron chi connectivity index (χ2n) is 15.9. The molecule has 2 heteroatoms. The minimum atomic E-state index is -0.249. The van der Waals surface area contributed by atoms with E-state index in [-0.39, 0.29) is 10.8 Å². The molecule has 2 aliphatic carbocycles. The summed E-state index contributed by atoms with van der Waals surface area (Å²) in [6, 6.07) is 66.5. The van der Waals surface area contributed by atoms with Gasteiger partial charge in [-0.3, -0.25) is 0 Å². The average molecular weight is 706 g/mol. The van der Waals surface area contributed by atoms with E-state index in [1.165, 1.54) is 50.1 Å². The molecule has 0 radical (unpaired) electrons. The van der Waals surface area contributed by atoms with Crippen molar-refractivity contribution in [2.24, 2.45) is 0 Å². The van der Waals surface area contributed by atoms with Crippen molar-refractivity contribution in [2.45, 2.75) is 31.6 Å². The minimum Gasteiger partial charge on any atom is -0.456 e. The van der Waals surface area contributed by atoms with Crippen molar-refractivity contribution in [3.8, 4) is 33.4 Å². The Morgan fingerprint density at radius 2 is 0.945 bits per heavy atom. The van der Waals surface area contributed by atoms with E-state index < -0.39 is 0 Å². The highest BCUT2D eigenvalue weighted by Crippen LogP contribution is 2.53. The summed E-state index contributed by atoms with van der Waals surface area (Å²) in [6.45, 7) is 7.05. The number of hydrogen-bond donors (Lipinski definition) is 0. The molecule has 8 aromatic carbocycles. The number of fused-ring (bicyclic) bond motifs is 9. The number of benzene rings is 8. The topological polar surface area (TPSA) is 16.4 Å². The minimum absolute atomic E-state index is 0.0731. The third-order valence-corrected chi connectivity index (χ3v) is 12.6. The molecule has 1 heterocycles. The monoisotopic (exact) mass is 705 g/mol. The van der Waals surface area contributed by atoms with Gasteiger partial charge in [0.05, 0.1) is 0 Å². The van der Waals surface area contributed by atoms with E-state index in [1.54, 1.807) is 0 Å². The predicted octanol–water partition coefficient (Wildman–Crippen LogP) is 14.4. The van der Waals surface area contributed by atoms with Crippen LogP contribution in [-0.2, 0) is 10.8 Å². The number of furan rings is 1. The number of rotatable bonds is 5. The standard InChI is InChI=1S/C53H39NO/c1-52(2)46-18-10-7-15-40(46)43-29-27-39(33-49(43)52)54(37-13-5-4-6-14-37)38-25-21-34(22-26-38)35-23-28-44-45-32-36(24-30-50(45)55-51(44)31-35)53(3)47-19-11-8-16-41(47)42-17-9-12-20-48(42)53/h4-33H,1-3H3. The van der Waals surface area contributed by atoms with E-state index in [9.17, 15) is 0 Å². The van der Waals surface area contributed by atoms with Crippen LogP contribution in [-0.4, -0.2) is 0 Å². The van der Waals surface area contributed by atoms with Gasteiger partial charge in [0.25, 0.3) is 0 Å². The van der Waals surface area contributed by atoms with Gasteiger partial charge in [-0.05, 0) is 129 Å². The average Bonchev–Trinajstić information content (AvgIpc) is 3.82. The summed E-state index contributed by atoms with van der Waals surface area (Å²) >= 11 is 0. The molecule has 0 N–H and O–H groups in total. The van der Waals surface area contributed by atoms with Gasteiger partial charge in [-0.2, -0.15) is 0 Å². The molecule has 11 rings (SSSR count). The van der Waals surface area contributed by atoms with Crippen LogP contribution in [0.15, 0.2) is 186 Å². The number of para-hydroxylation sites is 1. The zero-order chi connectivity index (χ0) is 36.9. The van der Waals surface area contributed by atoms with E-state index in [2.05, 4.69) is 208 Å². The third-order valence-electron chi connectivity index (χ3n) is 12.6. The van der Waals surface area contributed by atoms with Crippen LogP contribution in [0.4, 0.5) is 17.1 Å². The molecule has 0 unspecified atom stereocenters. The van der Waals surface area contributed by atoms with Gasteiger partial charge in [0, 0.05) is 38.7 Å². The van der Waals surface area contributed by atoms with Crippen LogP contribution in [0.5, 0.6) is 0 Å². The maximum absolute atomic E-state index is 6.55. The molecule has 0 atom stereocenters. The third kappa shape index (κ3) is 4.61. The lowest BCUT2D eigenvalue weighted by molar-refractivity contribution is 0.660. The van der Waals surface area contributed by atoms with Crippen molar-refractivity contribution in [1.82, 2.24) is 0 Å². The summed E-state index contributed by atoms with van der Waals surface area (Å²) in [4.78, 5) is 2.37. The van der Waals surface area contributed by atoms with Crippen molar-refractivity contribution in [2.75, 3.05) is 4.90 Å². The van der Waals surface area contributed by atoms with Crippen molar-refractivity contribution in [3.05, 3.63) is 210 Å². The van der Waals surface area contributed by atoms with Gasteiger partial charge in [-0.1, -0.05) is 135 Å². The quantitative estimate of drug-likeness (QED) is 0.177. The molecular formula is C53H39NO.